The van der Waals surface area contributed by atoms with Crippen molar-refractivity contribution in [2.24, 2.45) is 0 Å². The molecule has 0 saturated heterocycles. The van der Waals surface area contributed by atoms with Gasteiger partial charge in [-0.2, -0.15) is 13.2 Å². The standard InChI is InChI=1S/C13H3Cl2F5IN3O4/c14-6-8(16)12(9(17)7(15)10(6)21)22-11-4(13(18,19)20)1-3(23(25)26)2-5(11)24(27)28/h1-2,22H. The molecule has 0 spiro atoms. The third kappa shape index (κ3) is 4.05. The first-order chi connectivity index (χ1) is 12.8. The van der Waals surface area contributed by atoms with E-state index in [1.54, 1.807) is 5.32 Å². The van der Waals surface area contributed by atoms with Gasteiger partial charge in [-0.15, -0.1) is 0 Å². The van der Waals surface area contributed by atoms with E-state index in [1.165, 1.54) is 22.6 Å². The number of nitro groups is 2. The molecule has 0 saturated carbocycles. The molecule has 0 atom stereocenters. The van der Waals surface area contributed by atoms with Crippen LogP contribution >= 0.6 is 45.8 Å². The molecule has 0 heterocycles. The average Bonchev–Trinajstić information content (AvgIpc) is 2.60. The highest BCUT2D eigenvalue weighted by atomic mass is 127. The van der Waals surface area contributed by atoms with Gasteiger partial charge in [0.1, 0.15) is 11.4 Å². The Hall–Kier alpha value is -2.00. The summed E-state index contributed by atoms with van der Waals surface area (Å²) >= 11 is 12.6. The van der Waals surface area contributed by atoms with Crippen LogP contribution in [0.5, 0.6) is 0 Å². The zero-order valence-electron chi connectivity index (χ0n) is 12.7. The lowest BCUT2D eigenvalue weighted by atomic mass is 10.1. The monoisotopic (exact) mass is 557 g/mol. The van der Waals surface area contributed by atoms with E-state index in [4.69, 9.17) is 23.2 Å². The second-order valence-corrected chi connectivity index (χ2v) is 6.80. The molecule has 7 nitrogen and oxygen atoms in total. The zero-order chi connectivity index (χ0) is 21.5. The first-order valence-corrected chi connectivity index (χ1v) is 8.43. The summed E-state index contributed by atoms with van der Waals surface area (Å²) in [5.74, 6) is -3.12. The van der Waals surface area contributed by atoms with Crippen molar-refractivity contribution >= 4 is 68.5 Å². The van der Waals surface area contributed by atoms with E-state index in [0.29, 0.717) is 0 Å². The minimum Gasteiger partial charge on any atom is -0.345 e. The molecule has 150 valence electrons. The van der Waals surface area contributed by atoms with Gasteiger partial charge in [0, 0.05) is 6.07 Å². The molecule has 0 aliphatic carbocycles. The van der Waals surface area contributed by atoms with E-state index in [0.717, 1.165) is 0 Å². The van der Waals surface area contributed by atoms with Crippen LogP contribution in [0.25, 0.3) is 0 Å². The van der Waals surface area contributed by atoms with E-state index in [-0.39, 0.29) is 15.7 Å². The average molecular weight is 558 g/mol. The number of benzene rings is 2. The molecule has 28 heavy (non-hydrogen) atoms. The van der Waals surface area contributed by atoms with E-state index in [9.17, 15) is 42.2 Å². The van der Waals surface area contributed by atoms with Crippen LogP contribution in [0.15, 0.2) is 12.1 Å². The largest absolute Gasteiger partial charge is 0.418 e. The fourth-order valence-corrected chi connectivity index (χ4v) is 2.96. The molecule has 2 aromatic carbocycles. The van der Waals surface area contributed by atoms with E-state index in [1.807, 2.05) is 0 Å². The number of nitrogens with one attached hydrogen (secondary N) is 1. The quantitative estimate of drug-likeness (QED) is 0.116. The van der Waals surface area contributed by atoms with Gasteiger partial charge in [0.05, 0.1) is 35.1 Å². The lowest BCUT2D eigenvalue weighted by molar-refractivity contribution is -0.394. The maximum atomic E-state index is 14.3. The summed E-state index contributed by atoms with van der Waals surface area (Å²) in [5.41, 5.74) is -7.29. The predicted octanol–water partition coefficient (Wildman–Crippen LogP) is 6.46. The smallest absolute Gasteiger partial charge is 0.345 e. The zero-order valence-corrected chi connectivity index (χ0v) is 16.4. The Labute approximate surface area is 174 Å². The Balaban J connectivity index is 2.87. The minimum absolute atomic E-state index is 0.0128. The number of hydrogen-bond acceptors (Lipinski definition) is 5. The summed E-state index contributed by atoms with van der Waals surface area (Å²) in [6.07, 6.45) is -5.34. The molecule has 0 aliphatic heterocycles. The molecule has 0 radical (unpaired) electrons. The van der Waals surface area contributed by atoms with Crippen molar-refractivity contribution in [3.63, 3.8) is 0 Å². The van der Waals surface area contributed by atoms with Crippen LogP contribution in [-0.2, 0) is 6.18 Å². The van der Waals surface area contributed by atoms with E-state index in [2.05, 4.69) is 0 Å². The van der Waals surface area contributed by atoms with Crippen LogP contribution in [0.3, 0.4) is 0 Å². The lowest BCUT2D eigenvalue weighted by Gasteiger charge is -2.17. The number of non-ortho nitro benzene ring substituents is 1. The Bertz CT molecular complexity index is 990. The van der Waals surface area contributed by atoms with Gasteiger partial charge in [0.25, 0.3) is 11.4 Å². The normalized spacial score (nSPS) is 11.4. The third-order valence-electron chi connectivity index (χ3n) is 3.28. The molecule has 15 heteroatoms. The van der Waals surface area contributed by atoms with E-state index >= 15 is 0 Å². The highest BCUT2D eigenvalue weighted by molar-refractivity contribution is 14.1. The molecule has 0 bridgehead atoms. The summed E-state index contributed by atoms with van der Waals surface area (Å²) in [4.78, 5) is 19.3. The molecular weight excluding hydrogens is 555 g/mol. The Morgan fingerprint density at radius 1 is 0.964 bits per heavy atom. The number of nitrogens with zero attached hydrogens (tertiary/aromatic N) is 2. The van der Waals surface area contributed by atoms with Crippen molar-refractivity contribution in [3.8, 4) is 0 Å². The highest BCUT2D eigenvalue weighted by Crippen LogP contribution is 2.46. The maximum absolute atomic E-state index is 14.3. The molecule has 0 unspecified atom stereocenters. The molecule has 0 fully saturated rings. The topological polar surface area (TPSA) is 98.3 Å². The number of hydrogen-bond donors (Lipinski definition) is 1. The first-order valence-electron chi connectivity index (χ1n) is 6.59. The molecule has 0 aliphatic rings. The predicted molar refractivity (Wildman–Crippen MR) is 97.1 cm³/mol. The summed E-state index contributed by atoms with van der Waals surface area (Å²) in [5, 5.41) is 22.1. The van der Waals surface area contributed by atoms with Crippen LogP contribution < -0.4 is 5.32 Å². The molecule has 2 aromatic rings. The van der Waals surface area contributed by atoms with Crippen LogP contribution in [0, 0.1) is 35.4 Å². The number of alkyl halides is 3. The Morgan fingerprint density at radius 3 is 1.86 bits per heavy atom. The maximum Gasteiger partial charge on any atom is 0.418 e. The van der Waals surface area contributed by atoms with Gasteiger partial charge in [-0.05, 0) is 22.6 Å². The number of nitro benzene ring substituents is 2. The summed E-state index contributed by atoms with van der Waals surface area (Å²) < 4.78 is 68.3. The Morgan fingerprint density at radius 2 is 1.46 bits per heavy atom. The molecule has 2 rings (SSSR count). The van der Waals surface area contributed by atoms with Gasteiger partial charge in [-0.3, -0.25) is 20.2 Å². The van der Waals surface area contributed by atoms with Gasteiger partial charge >= 0.3 is 6.18 Å². The van der Waals surface area contributed by atoms with E-state index < -0.39 is 66.0 Å². The lowest BCUT2D eigenvalue weighted by Crippen LogP contribution is -2.13. The molecular formula is C13H3Cl2F5IN3O4. The van der Waals surface area contributed by atoms with Crippen molar-refractivity contribution in [2.45, 2.75) is 6.18 Å². The third-order valence-corrected chi connectivity index (χ3v) is 5.70. The molecule has 0 amide bonds. The molecule has 0 aromatic heterocycles. The van der Waals surface area contributed by atoms with Gasteiger partial charge < -0.3 is 5.32 Å². The fourth-order valence-electron chi connectivity index (χ4n) is 2.06. The summed E-state index contributed by atoms with van der Waals surface area (Å²) in [6.45, 7) is 0. The highest BCUT2D eigenvalue weighted by Gasteiger charge is 2.40. The van der Waals surface area contributed by atoms with Crippen molar-refractivity contribution in [3.05, 3.63) is 63.2 Å². The van der Waals surface area contributed by atoms with Crippen molar-refractivity contribution in [2.75, 3.05) is 5.32 Å². The number of rotatable bonds is 4. The summed E-state index contributed by atoms with van der Waals surface area (Å²) in [6, 6.07) is 0.199. The van der Waals surface area contributed by atoms with Gasteiger partial charge in [-0.25, -0.2) is 8.78 Å². The van der Waals surface area contributed by atoms with Crippen LogP contribution in [0.2, 0.25) is 10.0 Å². The van der Waals surface area contributed by atoms with Gasteiger partial charge in [0.15, 0.2) is 11.6 Å². The van der Waals surface area contributed by atoms with Crippen LogP contribution in [0.1, 0.15) is 5.56 Å². The van der Waals surface area contributed by atoms with Crippen LogP contribution in [0.4, 0.5) is 44.7 Å². The van der Waals surface area contributed by atoms with Crippen LogP contribution in [-0.4, -0.2) is 9.85 Å². The number of anilines is 2. The SMILES string of the molecule is O=[N+]([O-])c1cc([N+](=O)[O-])c(Nc2c(F)c(Cl)c(I)c(Cl)c2F)c(C(F)(F)F)c1. The van der Waals surface area contributed by atoms with Gasteiger partial charge in [0.2, 0.25) is 0 Å². The van der Waals surface area contributed by atoms with Gasteiger partial charge in [-0.1, -0.05) is 23.2 Å². The second-order valence-electron chi connectivity index (χ2n) is 4.97. The minimum atomic E-state index is -5.34. The number of halogens is 8. The summed E-state index contributed by atoms with van der Waals surface area (Å²) in [7, 11) is 0. The molecule has 1 N–H and O–H groups in total. The first kappa shape index (κ1) is 22.3. The van der Waals surface area contributed by atoms with Crippen molar-refractivity contribution in [1.82, 2.24) is 0 Å². The Kier molecular flexibility index (Phi) is 6.20. The van der Waals surface area contributed by atoms with Crippen molar-refractivity contribution < 1.29 is 31.8 Å². The van der Waals surface area contributed by atoms with Crippen molar-refractivity contribution in [1.29, 1.82) is 0 Å². The fraction of sp³-hybridized carbons (Fsp3) is 0.0769. The second kappa shape index (κ2) is 7.79.